The molecule has 0 aromatic rings. The van der Waals surface area contributed by atoms with E-state index < -0.39 is 0 Å². The van der Waals surface area contributed by atoms with Crippen LogP contribution in [0.4, 0.5) is 0 Å². The first-order valence-corrected chi connectivity index (χ1v) is 7.03. The molecule has 1 amide bonds. The SMILES string of the molecule is CC(C)(C)C1=CC2=C(CC=C2)CN(C(C)(C)C)C1=O. The Morgan fingerprint density at radius 1 is 1.11 bits per heavy atom. The summed E-state index contributed by atoms with van der Waals surface area (Å²) in [6.45, 7) is 13.4. The molecule has 0 unspecified atom stereocenters. The molecule has 2 aliphatic rings. The first-order chi connectivity index (χ1) is 8.60. The van der Waals surface area contributed by atoms with Gasteiger partial charge in [-0.2, -0.15) is 0 Å². The van der Waals surface area contributed by atoms with Gasteiger partial charge in [-0.1, -0.05) is 32.9 Å². The second-order valence-electron chi connectivity index (χ2n) is 7.54. The average molecular weight is 259 g/mol. The molecule has 0 saturated carbocycles. The molecule has 0 N–H and O–H groups in total. The van der Waals surface area contributed by atoms with Crippen LogP contribution in [0.3, 0.4) is 0 Å². The number of hydrogen-bond acceptors (Lipinski definition) is 1. The smallest absolute Gasteiger partial charge is 0.251 e. The first kappa shape index (κ1) is 14.1. The van der Waals surface area contributed by atoms with Crippen LogP contribution in [0.1, 0.15) is 48.0 Å². The zero-order valence-corrected chi connectivity index (χ0v) is 13.0. The van der Waals surface area contributed by atoms with Crippen LogP contribution in [0.25, 0.3) is 0 Å². The third kappa shape index (κ3) is 2.68. The van der Waals surface area contributed by atoms with Crippen molar-refractivity contribution >= 4 is 5.91 Å². The first-order valence-electron chi connectivity index (χ1n) is 7.03. The molecule has 1 aliphatic carbocycles. The molecule has 0 spiro atoms. The number of allylic oxidation sites excluding steroid dienone is 4. The number of hydrogen-bond donors (Lipinski definition) is 0. The van der Waals surface area contributed by atoms with Crippen molar-refractivity contribution in [3.63, 3.8) is 0 Å². The van der Waals surface area contributed by atoms with Gasteiger partial charge in [-0.05, 0) is 49.8 Å². The summed E-state index contributed by atoms with van der Waals surface area (Å²) in [7, 11) is 0. The van der Waals surface area contributed by atoms with Crippen molar-refractivity contribution in [3.05, 3.63) is 34.9 Å². The van der Waals surface area contributed by atoms with Crippen LogP contribution in [-0.2, 0) is 4.79 Å². The summed E-state index contributed by atoms with van der Waals surface area (Å²) < 4.78 is 0. The highest BCUT2D eigenvalue weighted by atomic mass is 16.2. The second-order valence-corrected chi connectivity index (χ2v) is 7.54. The van der Waals surface area contributed by atoms with Gasteiger partial charge in [0, 0.05) is 17.7 Å². The summed E-state index contributed by atoms with van der Waals surface area (Å²) >= 11 is 0. The lowest BCUT2D eigenvalue weighted by atomic mass is 9.84. The fraction of sp³-hybridized carbons (Fsp3) is 0.588. The Hall–Kier alpha value is -1.31. The minimum absolute atomic E-state index is 0.126. The highest BCUT2D eigenvalue weighted by molar-refractivity contribution is 5.96. The Morgan fingerprint density at radius 3 is 2.26 bits per heavy atom. The highest BCUT2D eigenvalue weighted by Gasteiger charge is 2.36. The van der Waals surface area contributed by atoms with Crippen LogP contribution < -0.4 is 0 Å². The Bertz CT molecular complexity index is 492. The van der Waals surface area contributed by atoms with Gasteiger partial charge in [0.25, 0.3) is 5.91 Å². The molecule has 1 aliphatic heterocycles. The average Bonchev–Trinajstić information content (AvgIpc) is 2.60. The number of rotatable bonds is 0. The maximum atomic E-state index is 12.9. The van der Waals surface area contributed by atoms with Gasteiger partial charge >= 0.3 is 0 Å². The molecule has 2 nitrogen and oxygen atoms in total. The minimum atomic E-state index is -0.146. The van der Waals surface area contributed by atoms with Crippen molar-refractivity contribution in [2.75, 3.05) is 6.54 Å². The molecule has 0 aromatic carbocycles. The Morgan fingerprint density at radius 2 is 1.74 bits per heavy atom. The zero-order chi connectivity index (χ0) is 14.4. The standard InChI is InChI=1S/C17H25NO/c1-16(2,3)14-10-12-8-7-9-13(12)11-18(15(14)19)17(4,5)6/h7-8,10H,9,11H2,1-6H3. The summed E-state index contributed by atoms with van der Waals surface area (Å²) in [5.74, 6) is 0.183. The van der Waals surface area contributed by atoms with Gasteiger partial charge in [0.2, 0.25) is 0 Å². The van der Waals surface area contributed by atoms with Gasteiger partial charge in [0.1, 0.15) is 0 Å². The molecule has 0 fully saturated rings. The number of amides is 1. The van der Waals surface area contributed by atoms with Crippen molar-refractivity contribution in [2.45, 2.75) is 53.5 Å². The van der Waals surface area contributed by atoms with E-state index in [4.69, 9.17) is 0 Å². The molecule has 0 atom stereocenters. The summed E-state index contributed by atoms with van der Waals surface area (Å²) in [5.41, 5.74) is 3.25. The van der Waals surface area contributed by atoms with E-state index in [1.807, 2.05) is 4.90 Å². The third-order valence-electron chi connectivity index (χ3n) is 3.81. The van der Waals surface area contributed by atoms with Crippen LogP contribution >= 0.6 is 0 Å². The minimum Gasteiger partial charge on any atom is -0.330 e. The topological polar surface area (TPSA) is 20.3 Å². The molecule has 0 aromatic heterocycles. The van der Waals surface area contributed by atoms with E-state index in [0.717, 1.165) is 18.5 Å². The van der Waals surface area contributed by atoms with E-state index in [2.05, 4.69) is 59.8 Å². The highest BCUT2D eigenvalue weighted by Crippen LogP contribution is 2.36. The van der Waals surface area contributed by atoms with Gasteiger partial charge in [0.05, 0.1) is 0 Å². The Kier molecular flexibility index (Phi) is 3.24. The number of carbonyl (C=O) groups is 1. The maximum absolute atomic E-state index is 12.9. The van der Waals surface area contributed by atoms with Gasteiger partial charge in [0.15, 0.2) is 0 Å². The molecule has 19 heavy (non-hydrogen) atoms. The predicted molar refractivity (Wildman–Crippen MR) is 79.8 cm³/mol. The molecular formula is C17H25NO. The predicted octanol–water partition coefficient (Wildman–Crippen LogP) is 3.86. The molecule has 0 radical (unpaired) electrons. The Balaban J connectivity index is 2.52. The largest absolute Gasteiger partial charge is 0.330 e. The molecule has 2 heteroatoms. The Labute approximate surface area is 116 Å². The van der Waals surface area contributed by atoms with E-state index in [1.54, 1.807) is 0 Å². The van der Waals surface area contributed by atoms with Crippen molar-refractivity contribution in [1.82, 2.24) is 4.90 Å². The van der Waals surface area contributed by atoms with E-state index >= 15 is 0 Å². The molecule has 0 saturated heterocycles. The van der Waals surface area contributed by atoms with Crippen molar-refractivity contribution < 1.29 is 4.79 Å². The van der Waals surface area contributed by atoms with Crippen LogP contribution in [0.15, 0.2) is 34.9 Å². The number of carbonyl (C=O) groups excluding carboxylic acids is 1. The lowest BCUT2D eigenvalue weighted by Gasteiger charge is -2.38. The molecule has 2 rings (SSSR count). The summed E-state index contributed by atoms with van der Waals surface area (Å²) in [6, 6.07) is 0. The van der Waals surface area contributed by atoms with Gasteiger partial charge < -0.3 is 4.90 Å². The lowest BCUT2D eigenvalue weighted by molar-refractivity contribution is -0.132. The monoisotopic (exact) mass is 259 g/mol. The second kappa shape index (κ2) is 4.36. The lowest BCUT2D eigenvalue weighted by Crippen LogP contribution is -2.48. The van der Waals surface area contributed by atoms with E-state index in [-0.39, 0.29) is 16.9 Å². The number of nitrogens with zero attached hydrogens (tertiary/aromatic N) is 1. The van der Waals surface area contributed by atoms with E-state index in [9.17, 15) is 4.79 Å². The zero-order valence-electron chi connectivity index (χ0n) is 13.0. The fourth-order valence-electron chi connectivity index (χ4n) is 2.57. The van der Waals surface area contributed by atoms with Crippen molar-refractivity contribution in [3.8, 4) is 0 Å². The van der Waals surface area contributed by atoms with Crippen molar-refractivity contribution in [1.29, 1.82) is 0 Å². The molecular weight excluding hydrogens is 234 g/mol. The van der Waals surface area contributed by atoms with Gasteiger partial charge in [-0.15, -0.1) is 0 Å². The maximum Gasteiger partial charge on any atom is 0.251 e. The van der Waals surface area contributed by atoms with Crippen LogP contribution in [0.5, 0.6) is 0 Å². The quantitative estimate of drug-likeness (QED) is 0.647. The molecule has 104 valence electrons. The van der Waals surface area contributed by atoms with Crippen LogP contribution in [-0.4, -0.2) is 22.9 Å². The van der Waals surface area contributed by atoms with E-state index in [1.165, 1.54) is 11.1 Å². The van der Waals surface area contributed by atoms with Crippen molar-refractivity contribution in [2.24, 2.45) is 5.41 Å². The van der Waals surface area contributed by atoms with Crippen LogP contribution in [0, 0.1) is 5.41 Å². The third-order valence-corrected chi connectivity index (χ3v) is 3.81. The molecule has 0 bridgehead atoms. The van der Waals surface area contributed by atoms with E-state index in [0.29, 0.717) is 0 Å². The van der Waals surface area contributed by atoms with Gasteiger partial charge in [-0.25, -0.2) is 0 Å². The normalized spacial score (nSPS) is 20.6. The fourth-order valence-corrected chi connectivity index (χ4v) is 2.57. The van der Waals surface area contributed by atoms with Gasteiger partial charge in [-0.3, -0.25) is 4.79 Å². The summed E-state index contributed by atoms with van der Waals surface area (Å²) in [4.78, 5) is 14.9. The summed E-state index contributed by atoms with van der Waals surface area (Å²) in [6.07, 6.45) is 7.43. The van der Waals surface area contributed by atoms with Crippen LogP contribution in [0.2, 0.25) is 0 Å². The molecule has 1 heterocycles. The summed E-state index contributed by atoms with van der Waals surface area (Å²) in [5, 5.41) is 0.